The van der Waals surface area contributed by atoms with E-state index in [0.29, 0.717) is 13.0 Å². The molecule has 5 heteroatoms. The molecule has 5 nitrogen and oxygen atoms in total. The molecule has 0 radical (unpaired) electrons. The topological polar surface area (TPSA) is 77.8 Å². The van der Waals surface area contributed by atoms with Crippen molar-refractivity contribution >= 4 is 11.9 Å². The summed E-state index contributed by atoms with van der Waals surface area (Å²) in [6.45, 7) is 4.56. The second-order valence-electron chi connectivity index (χ2n) is 4.90. The fraction of sp³-hybridized carbons (Fsp3) is 0.857. The van der Waals surface area contributed by atoms with Crippen LogP contribution in [-0.2, 0) is 9.59 Å². The molecule has 2 N–H and O–H groups in total. The smallest absolute Gasteiger partial charge is 0.304 e. The van der Waals surface area contributed by atoms with Crippen LogP contribution in [0.4, 0.5) is 0 Å². The maximum Gasteiger partial charge on any atom is 0.304 e. The van der Waals surface area contributed by atoms with Gasteiger partial charge in [-0.15, -0.1) is 0 Å². The van der Waals surface area contributed by atoms with Gasteiger partial charge in [0.05, 0.1) is 6.42 Å². The number of nitrogens with zero attached hydrogens (tertiary/aromatic N) is 1. The van der Waals surface area contributed by atoms with E-state index >= 15 is 0 Å². The zero-order valence-electron chi connectivity index (χ0n) is 11.9. The molecule has 0 rings (SSSR count). The predicted octanol–water partition coefficient (Wildman–Crippen LogP) is 2.60. The van der Waals surface area contributed by atoms with Gasteiger partial charge in [0.15, 0.2) is 0 Å². The van der Waals surface area contributed by atoms with Gasteiger partial charge in [0.2, 0.25) is 0 Å². The van der Waals surface area contributed by atoms with Crippen molar-refractivity contribution < 1.29 is 19.8 Å². The van der Waals surface area contributed by atoms with Crippen LogP contribution in [0.15, 0.2) is 0 Å². The lowest BCUT2D eigenvalue weighted by molar-refractivity contribution is -0.138. The van der Waals surface area contributed by atoms with Crippen LogP contribution in [0, 0.1) is 0 Å². The Morgan fingerprint density at radius 2 is 1.37 bits per heavy atom. The predicted molar refractivity (Wildman–Crippen MR) is 74.3 cm³/mol. The summed E-state index contributed by atoms with van der Waals surface area (Å²) < 4.78 is 0. The van der Waals surface area contributed by atoms with Gasteiger partial charge in [0.25, 0.3) is 0 Å². The molecule has 0 saturated carbocycles. The minimum atomic E-state index is -0.758. The molecule has 0 spiro atoms. The maximum absolute atomic E-state index is 10.6. The molecule has 0 bridgehead atoms. The second-order valence-corrected chi connectivity index (χ2v) is 4.90. The van der Waals surface area contributed by atoms with Crippen molar-refractivity contribution in [1.29, 1.82) is 0 Å². The highest BCUT2D eigenvalue weighted by atomic mass is 16.4. The quantitative estimate of drug-likeness (QED) is 0.504. The Balaban J connectivity index is 3.76. The van der Waals surface area contributed by atoms with E-state index in [0.717, 1.165) is 38.8 Å². The number of carboxylic acid groups (broad SMARTS) is 2. The number of unbranched alkanes of at least 4 members (excludes halogenated alkanes) is 4. The van der Waals surface area contributed by atoms with Gasteiger partial charge >= 0.3 is 11.9 Å². The Kier molecular flexibility index (Phi) is 11.3. The third-order valence-corrected chi connectivity index (χ3v) is 3.08. The number of hydrogen-bond acceptors (Lipinski definition) is 3. The van der Waals surface area contributed by atoms with E-state index in [4.69, 9.17) is 10.2 Å². The molecule has 0 atom stereocenters. The van der Waals surface area contributed by atoms with Crippen LogP contribution in [0.5, 0.6) is 0 Å². The highest BCUT2D eigenvalue weighted by Crippen LogP contribution is 2.05. The highest BCUT2D eigenvalue weighted by Gasteiger charge is 2.07. The number of hydrogen-bond donors (Lipinski definition) is 2. The number of aliphatic carboxylic acids is 2. The monoisotopic (exact) mass is 273 g/mol. The van der Waals surface area contributed by atoms with Gasteiger partial charge in [-0.2, -0.15) is 0 Å². The molecular formula is C14H27NO4. The Labute approximate surface area is 115 Å². The minimum Gasteiger partial charge on any atom is -0.481 e. The molecule has 0 aromatic rings. The summed E-state index contributed by atoms with van der Waals surface area (Å²) in [5, 5.41) is 17.2. The zero-order chi connectivity index (χ0) is 14.5. The third kappa shape index (κ3) is 13.1. The summed E-state index contributed by atoms with van der Waals surface area (Å²) >= 11 is 0. The first-order chi connectivity index (χ1) is 9.06. The van der Waals surface area contributed by atoms with Crippen molar-refractivity contribution in [2.24, 2.45) is 0 Å². The number of rotatable bonds is 13. The van der Waals surface area contributed by atoms with Crippen molar-refractivity contribution in [3.8, 4) is 0 Å². The van der Waals surface area contributed by atoms with Crippen molar-refractivity contribution in [2.45, 2.75) is 58.3 Å². The van der Waals surface area contributed by atoms with E-state index in [-0.39, 0.29) is 12.8 Å². The third-order valence-electron chi connectivity index (χ3n) is 3.08. The fourth-order valence-corrected chi connectivity index (χ4v) is 1.96. The maximum atomic E-state index is 10.6. The summed E-state index contributed by atoms with van der Waals surface area (Å²) in [5.74, 6) is -1.50. The summed E-state index contributed by atoms with van der Waals surface area (Å²) in [4.78, 5) is 23.2. The van der Waals surface area contributed by atoms with E-state index < -0.39 is 11.9 Å². The molecule has 0 heterocycles. The van der Waals surface area contributed by atoms with Gasteiger partial charge in [0, 0.05) is 13.0 Å². The molecule has 0 aromatic carbocycles. The lowest BCUT2D eigenvalue weighted by Gasteiger charge is -2.21. The van der Waals surface area contributed by atoms with Crippen LogP contribution in [0.1, 0.15) is 58.3 Å². The van der Waals surface area contributed by atoms with E-state index in [2.05, 4.69) is 11.8 Å². The van der Waals surface area contributed by atoms with E-state index in [9.17, 15) is 9.59 Å². The Hall–Kier alpha value is -1.10. The number of carbonyl (C=O) groups is 2. The highest BCUT2D eigenvalue weighted by molar-refractivity contribution is 5.67. The Bertz CT molecular complexity index is 256. The van der Waals surface area contributed by atoms with Crippen LogP contribution < -0.4 is 0 Å². The first-order valence-corrected chi connectivity index (χ1v) is 7.22. The fourth-order valence-electron chi connectivity index (χ4n) is 1.96. The molecular weight excluding hydrogens is 246 g/mol. The average Bonchev–Trinajstić information content (AvgIpc) is 2.34. The zero-order valence-corrected chi connectivity index (χ0v) is 11.9. The van der Waals surface area contributed by atoms with Gasteiger partial charge in [-0.05, 0) is 32.4 Å². The van der Waals surface area contributed by atoms with Crippen molar-refractivity contribution in [1.82, 2.24) is 4.90 Å². The van der Waals surface area contributed by atoms with Crippen molar-refractivity contribution in [3.05, 3.63) is 0 Å². The average molecular weight is 273 g/mol. The first kappa shape index (κ1) is 17.9. The van der Waals surface area contributed by atoms with E-state index in [1.54, 1.807) is 0 Å². The molecule has 0 aliphatic carbocycles. The van der Waals surface area contributed by atoms with Crippen molar-refractivity contribution in [3.63, 3.8) is 0 Å². The number of carboxylic acids is 2. The van der Waals surface area contributed by atoms with Crippen LogP contribution >= 0.6 is 0 Å². The van der Waals surface area contributed by atoms with Crippen LogP contribution in [0.25, 0.3) is 0 Å². The largest absolute Gasteiger partial charge is 0.481 e. The Morgan fingerprint density at radius 3 is 1.89 bits per heavy atom. The SMILES string of the molecule is CCCCCN(CCCCCC(=O)O)CCC(=O)O. The van der Waals surface area contributed by atoms with Gasteiger partial charge in [-0.1, -0.05) is 26.2 Å². The molecule has 0 amide bonds. The van der Waals surface area contributed by atoms with Crippen LogP contribution in [0.2, 0.25) is 0 Å². The minimum absolute atomic E-state index is 0.182. The lowest BCUT2D eigenvalue weighted by Crippen LogP contribution is -2.28. The van der Waals surface area contributed by atoms with Crippen LogP contribution in [-0.4, -0.2) is 46.7 Å². The van der Waals surface area contributed by atoms with Gasteiger partial charge in [-0.3, -0.25) is 9.59 Å². The second kappa shape index (κ2) is 12.0. The molecule has 112 valence electrons. The van der Waals surface area contributed by atoms with Crippen molar-refractivity contribution in [2.75, 3.05) is 19.6 Å². The van der Waals surface area contributed by atoms with Gasteiger partial charge in [-0.25, -0.2) is 0 Å². The molecule has 0 aliphatic rings. The normalized spacial score (nSPS) is 10.8. The molecule has 0 unspecified atom stereocenters. The molecule has 19 heavy (non-hydrogen) atoms. The Morgan fingerprint density at radius 1 is 0.789 bits per heavy atom. The summed E-state index contributed by atoms with van der Waals surface area (Å²) in [7, 11) is 0. The van der Waals surface area contributed by atoms with E-state index in [1.807, 2.05) is 0 Å². The van der Waals surface area contributed by atoms with Crippen LogP contribution in [0.3, 0.4) is 0 Å². The lowest BCUT2D eigenvalue weighted by atomic mass is 10.1. The molecule has 0 saturated heterocycles. The molecule has 0 aliphatic heterocycles. The summed E-state index contributed by atoms with van der Waals surface area (Å²) in [6.07, 6.45) is 6.38. The molecule has 0 aromatic heterocycles. The van der Waals surface area contributed by atoms with Gasteiger partial charge < -0.3 is 15.1 Å². The van der Waals surface area contributed by atoms with Gasteiger partial charge in [0.1, 0.15) is 0 Å². The van der Waals surface area contributed by atoms with E-state index in [1.165, 1.54) is 6.42 Å². The standard InChI is InChI=1S/C14H27NO4/c1-2-3-6-10-15(12-9-14(18)19)11-7-4-5-8-13(16)17/h2-12H2,1H3,(H,16,17)(H,18,19). The molecule has 0 fully saturated rings. The summed E-state index contributed by atoms with van der Waals surface area (Å²) in [5.41, 5.74) is 0. The summed E-state index contributed by atoms with van der Waals surface area (Å²) in [6, 6.07) is 0. The first-order valence-electron chi connectivity index (χ1n) is 7.22.